The van der Waals surface area contributed by atoms with E-state index in [9.17, 15) is 4.79 Å². The molecule has 0 spiro atoms. The molecule has 1 amide bonds. The molecule has 3 N–H and O–H groups in total. The lowest BCUT2D eigenvalue weighted by atomic mass is 9.87. The van der Waals surface area contributed by atoms with Crippen LogP contribution in [0, 0.1) is 18.8 Å². The van der Waals surface area contributed by atoms with Crippen LogP contribution in [0.2, 0.25) is 0 Å². The van der Waals surface area contributed by atoms with Crippen LogP contribution in [-0.2, 0) is 4.79 Å². The van der Waals surface area contributed by atoms with Gasteiger partial charge < -0.3 is 15.3 Å². The number of fused-ring (bicyclic) bond motifs is 1. The molecule has 3 atom stereocenters. The van der Waals surface area contributed by atoms with Crippen LogP contribution >= 0.6 is 0 Å². The molecular weight excluding hydrogens is 404 g/mol. The topological polar surface area (TPSA) is 98.3 Å². The van der Waals surface area contributed by atoms with Crippen molar-refractivity contribution in [2.75, 3.05) is 19.6 Å². The van der Waals surface area contributed by atoms with Gasteiger partial charge in [-0.05, 0) is 41.7 Å². The number of hydrogen-bond donors (Lipinski definition) is 3. The zero-order valence-electron chi connectivity index (χ0n) is 18.3. The Morgan fingerprint density at radius 1 is 1.09 bits per heavy atom. The third kappa shape index (κ3) is 4.43. The van der Waals surface area contributed by atoms with Crippen molar-refractivity contribution in [2.24, 2.45) is 11.8 Å². The number of carbonyl (C=O) groups is 2. The highest BCUT2D eigenvalue weighted by atomic mass is 16.4. The lowest BCUT2D eigenvalue weighted by Crippen LogP contribution is -2.35. The van der Waals surface area contributed by atoms with E-state index in [0.29, 0.717) is 11.8 Å². The summed E-state index contributed by atoms with van der Waals surface area (Å²) in [5, 5.41) is 17.8. The van der Waals surface area contributed by atoms with Crippen LogP contribution < -0.4 is 5.32 Å². The standard InChI is InChI=1S/C23H24N4O.C2H4O2/c1-15-5-2-3-8-20(15)22-21-13-24-10-19(21)14-27(22)23(28)17-7-4-6-16(9-17)18-11-25-26-12-18;1-2(3)4/h2-9,11-12,19,21-22,24H,10,13-14H2,1H3,(H,25,26);1H3,(H,3,4)/t19-,21-,22-;/m0./s1. The van der Waals surface area contributed by atoms with Gasteiger partial charge in [0.1, 0.15) is 0 Å². The minimum atomic E-state index is -0.833. The molecule has 2 saturated heterocycles. The van der Waals surface area contributed by atoms with Crippen molar-refractivity contribution in [2.45, 2.75) is 19.9 Å². The maximum atomic E-state index is 13.6. The Morgan fingerprint density at radius 3 is 2.59 bits per heavy atom. The molecule has 166 valence electrons. The Balaban J connectivity index is 0.000000567. The minimum absolute atomic E-state index is 0.119. The van der Waals surface area contributed by atoms with Crippen LogP contribution in [0.1, 0.15) is 34.5 Å². The summed E-state index contributed by atoms with van der Waals surface area (Å²) in [5.74, 6) is 0.278. The van der Waals surface area contributed by atoms with Crippen molar-refractivity contribution >= 4 is 11.9 Å². The first-order valence-electron chi connectivity index (χ1n) is 10.8. The molecule has 5 rings (SSSR count). The van der Waals surface area contributed by atoms with E-state index in [4.69, 9.17) is 9.90 Å². The number of amides is 1. The molecule has 2 aromatic carbocycles. The molecule has 2 aliphatic heterocycles. The first-order valence-corrected chi connectivity index (χ1v) is 10.8. The first-order chi connectivity index (χ1) is 15.5. The first kappa shape index (κ1) is 21.8. The number of benzene rings is 2. The highest BCUT2D eigenvalue weighted by Crippen LogP contribution is 2.44. The largest absolute Gasteiger partial charge is 0.481 e. The molecule has 3 heterocycles. The maximum Gasteiger partial charge on any atom is 0.300 e. The number of nitrogens with zero attached hydrogens (tertiary/aromatic N) is 2. The fourth-order valence-electron chi connectivity index (χ4n) is 4.85. The number of rotatable bonds is 3. The van der Waals surface area contributed by atoms with Gasteiger partial charge in [-0.2, -0.15) is 5.10 Å². The average molecular weight is 433 g/mol. The Kier molecular flexibility index (Phi) is 6.37. The Bertz CT molecular complexity index is 1090. The Morgan fingerprint density at radius 2 is 1.88 bits per heavy atom. The molecule has 0 bridgehead atoms. The van der Waals surface area contributed by atoms with Crippen LogP contribution in [0.25, 0.3) is 11.1 Å². The summed E-state index contributed by atoms with van der Waals surface area (Å²) in [6.07, 6.45) is 3.64. The van der Waals surface area contributed by atoms with E-state index in [1.54, 1.807) is 6.20 Å². The van der Waals surface area contributed by atoms with Crippen molar-refractivity contribution < 1.29 is 14.7 Å². The molecule has 2 fully saturated rings. The van der Waals surface area contributed by atoms with E-state index in [2.05, 4.69) is 51.6 Å². The number of likely N-dealkylation sites (tertiary alicyclic amines) is 1. The number of nitrogens with one attached hydrogen (secondary N) is 2. The molecular formula is C25H28N4O3. The predicted octanol–water partition coefficient (Wildman–Crippen LogP) is 3.51. The fraction of sp³-hybridized carbons (Fsp3) is 0.320. The van der Waals surface area contributed by atoms with Crippen molar-refractivity contribution in [1.29, 1.82) is 0 Å². The van der Waals surface area contributed by atoms with Crippen LogP contribution in [0.3, 0.4) is 0 Å². The third-order valence-electron chi connectivity index (χ3n) is 6.27. The van der Waals surface area contributed by atoms with Gasteiger partial charge in [0.15, 0.2) is 0 Å². The summed E-state index contributed by atoms with van der Waals surface area (Å²) < 4.78 is 0. The highest BCUT2D eigenvalue weighted by molar-refractivity contribution is 5.96. The zero-order chi connectivity index (χ0) is 22.7. The van der Waals surface area contributed by atoms with E-state index in [-0.39, 0.29) is 11.9 Å². The van der Waals surface area contributed by atoms with Crippen molar-refractivity contribution in [3.63, 3.8) is 0 Å². The van der Waals surface area contributed by atoms with Crippen molar-refractivity contribution in [1.82, 2.24) is 20.4 Å². The number of carbonyl (C=O) groups excluding carboxylic acids is 1. The second kappa shape index (κ2) is 9.36. The van der Waals surface area contributed by atoms with Gasteiger partial charge in [-0.1, -0.05) is 36.4 Å². The maximum absolute atomic E-state index is 13.6. The lowest BCUT2D eigenvalue weighted by Gasteiger charge is -2.30. The summed E-state index contributed by atoms with van der Waals surface area (Å²) in [6, 6.07) is 16.5. The molecule has 2 aliphatic rings. The number of aromatic nitrogens is 2. The second-order valence-corrected chi connectivity index (χ2v) is 8.43. The predicted molar refractivity (Wildman–Crippen MR) is 122 cm³/mol. The summed E-state index contributed by atoms with van der Waals surface area (Å²) in [5.41, 5.74) is 5.27. The van der Waals surface area contributed by atoms with Crippen LogP contribution in [0.5, 0.6) is 0 Å². The molecule has 1 aromatic heterocycles. The molecule has 3 aromatic rings. The summed E-state index contributed by atoms with van der Waals surface area (Å²) >= 11 is 0. The third-order valence-corrected chi connectivity index (χ3v) is 6.27. The highest BCUT2D eigenvalue weighted by Gasteiger charge is 2.47. The van der Waals surface area contributed by atoms with E-state index < -0.39 is 5.97 Å². The molecule has 7 heteroatoms. The van der Waals surface area contributed by atoms with Crippen LogP contribution in [-0.4, -0.2) is 51.7 Å². The fourth-order valence-corrected chi connectivity index (χ4v) is 4.85. The minimum Gasteiger partial charge on any atom is -0.481 e. The summed E-state index contributed by atoms with van der Waals surface area (Å²) in [4.78, 5) is 24.7. The van der Waals surface area contributed by atoms with Gasteiger partial charge in [-0.3, -0.25) is 14.7 Å². The lowest BCUT2D eigenvalue weighted by molar-refractivity contribution is -0.134. The molecule has 0 saturated carbocycles. The molecule has 7 nitrogen and oxygen atoms in total. The van der Waals surface area contributed by atoms with Crippen LogP contribution in [0.4, 0.5) is 0 Å². The monoisotopic (exact) mass is 432 g/mol. The molecule has 32 heavy (non-hydrogen) atoms. The molecule has 0 radical (unpaired) electrons. The normalized spacial score (nSPS) is 21.6. The number of aromatic amines is 1. The number of H-pyrrole nitrogens is 1. The average Bonchev–Trinajstić information content (AvgIpc) is 3.51. The van der Waals surface area contributed by atoms with Crippen LogP contribution in [0.15, 0.2) is 60.9 Å². The SMILES string of the molecule is CC(=O)O.Cc1ccccc1[C@H]1[C@H]2CNC[C@H]2CN1C(=O)c1cccc(-c2cn[nH]c2)c1. The number of hydrogen-bond acceptors (Lipinski definition) is 4. The van der Waals surface area contributed by atoms with E-state index in [1.807, 2.05) is 30.5 Å². The van der Waals surface area contributed by atoms with E-state index in [1.165, 1.54) is 11.1 Å². The van der Waals surface area contributed by atoms with Gasteiger partial charge in [-0.25, -0.2) is 0 Å². The molecule has 0 unspecified atom stereocenters. The summed E-state index contributed by atoms with van der Waals surface area (Å²) in [6.45, 7) is 6.01. The van der Waals surface area contributed by atoms with Crippen molar-refractivity contribution in [3.05, 3.63) is 77.6 Å². The van der Waals surface area contributed by atoms with Gasteiger partial charge in [0.2, 0.25) is 0 Å². The number of carboxylic acid groups (broad SMARTS) is 1. The zero-order valence-corrected chi connectivity index (χ0v) is 18.3. The quantitative estimate of drug-likeness (QED) is 0.588. The molecule has 0 aliphatic carbocycles. The number of aryl methyl sites for hydroxylation is 1. The van der Waals surface area contributed by atoms with Gasteiger partial charge in [0, 0.05) is 49.8 Å². The van der Waals surface area contributed by atoms with Gasteiger partial charge in [0.05, 0.1) is 12.2 Å². The smallest absolute Gasteiger partial charge is 0.300 e. The number of carboxylic acids is 1. The van der Waals surface area contributed by atoms with E-state index in [0.717, 1.165) is 43.2 Å². The Labute approximate surface area is 187 Å². The van der Waals surface area contributed by atoms with E-state index >= 15 is 0 Å². The van der Waals surface area contributed by atoms with Gasteiger partial charge in [0.25, 0.3) is 11.9 Å². The Hall–Kier alpha value is -3.45. The summed E-state index contributed by atoms with van der Waals surface area (Å²) in [7, 11) is 0. The van der Waals surface area contributed by atoms with Crippen molar-refractivity contribution in [3.8, 4) is 11.1 Å². The second-order valence-electron chi connectivity index (χ2n) is 8.43. The van der Waals surface area contributed by atoms with Gasteiger partial charge in [-0.15, -0.1) is 0 Å². The number of aliphatic carboxylic acids is 1. The van der Waals surface area contributed by atoms with Gasteiger partial charge >= 0.3 is 0 Å².